The first-order chi connectivity index (χ1) is 16.0. The number of hydrazine groups is 1. The van der Waals surface area contributed by atoms with Gasteiger partial charge in [-0.3, -0.25) is 19.6 Å². The highest BCUT2D eigenvalue weighted by Gasteiger charge is 2.24. The SMILES string of the molecule is Cc1cc(Cl)cc(C(=O)NNC(=O)N(C)C)c1NC(=O)c1cc(Br)c(Br)n1-c1ncccc1Cl. The van der Waals surface area contributed by atoms with Crippen LogP contribution in [0.15, 0.2) is 45.6 Å². The minimum absolute atomic E-state index is 0.0597. The Hall–Kier alpha value is -2.60. The molecule has 0 saturated carbocycles. The molecule has 3 aromatic rings. The van der Waals surface area contributed by atoms with Crippen molar-refractivity contribution in [3.8, 4) is 5.82 Å². The van der Waals surface area contributed by atoms with Crippen molar-refractivity contribution >= 4 is 78.6 Å². The smallest absolute Gasteiger partial charge is 0.330 e. The molecule has 4 amide bonds. The number of benzene rings is 1. The molecule has 0 aliphatic rings. The minimum atomic E-state index is -0.665. The molecule has 0 atom stereocenters. The van der Waals surface area contributed by atoms with E-state index in [-0.39, 0.29) is 22.0 Å². The predicted molar refractivity (Wildman–Crippen MR) is 138 cm³/mol. The molecule has 3 rings (SSSR count). The van der Waals surface area contributed by atoms with Gasteiger partial charge in [0.25, 0.3) is 11.8 Å². The van der Waals surface area contributed by atoms with Crippen LogP contribution in [0.4, 0.5) is 10.5 Å². The van der Waals surface area contributed by atoms with Crippen molar-refractivity contribution in [2.75, 3.05) is 19.4 Å². The summed E-state index contributed by atoms with van der Waals surface area (Å²) in [6.45, 7) is 1.69. The van der Waals surface area contributed by atoms with Crippen molar-refractivity contribution in [2.24, 2.45) is 0 Å². The number of rotatable bonds is 4. The molecule has 2 aromatic heterocycles. The van der Waals surface area contributed by atoms with Crippen LogP contribution in [0.25, 0.3) is 5.82 Å². The number of aromatic nitrogens is 2. The Morgan fingerprint density at radius 3 is 2.41 bits per heavy atom. The van der Waals surface area contributed by atoms with Crippen LogP contribution in [0.2, 0.25) is 10.0 Å². The fraction of sp³-hybridized carbons (Fsp3) is 0.143. The van der Waals surface area contributed by atoms with Gasteiger partial charge < -0.3 is 10.2 Å². The molecule has 178 valence electrons. The summed E-state index contributed by atoms with van der Waals surface area (Å²) in [6, 6.07) is 7.38. The van der Waals surface area contributed by atoms with E-state index in [1.165, 1.54) is 29.6 Å². The number of halogens is 4. The van der Waals surface area contributed by atoms with E-state index >= 15 is 0 Å². The van der Waals surface area contributed by atoms with Crippen LogP contribution in [-0.4, -0.2) is 46.4 Å². The van der Waals surface area contributed by atoms with E-state index in [0.29, 0.717) is 25.5 Å². The maximum Gasteiger partial charge on any atom is 0.335 e. The first kappa shape index (κ1) is 26.0. The van der Waals surface area contributed by atoms with E-state index in [9.17, 15) is 14.4 Å². The Morgan fingerprint density at radius 1 is 1.06 bits per heavy atom. The Balaban J connectivity index is 1.99. The number of hydrogen-bond acceptors (Lipinski definition) is 4. The average Bonchev–Trinajstić information content (AvgIpc) is 3.08. The molecular weight excluding hydrogens is 615 g/mol. The summed E-state index contributed by atoms with van der Waals surface area (Å²) >= 11 is 19.3. The van der Waals surface area contributed by atoms with Crippen LogP contribution in [0.5, 0.6) is 0 Å². The van der Waals surface area contributed by atoms with Gasteiger partial charge in [-0.1, -0.05) is 23.2 Å². The second kappa shape index (κ2) is 10.8. The molecule has 2 heterocycles. The normalized spacial score (nSPS) is 10.6. The second-order valence-corrected chi connectivity index (χ2v) is 9.64. The van der Waals surface area contributed by atoms with Gasteiger partial charge in [0.05, 0.1) is 20.7 Å². The van der Waals surface area contributed by atoms with Crippen LogP contribution in [-0.2, 0) is 0 Å². The summed E-state index contributed by atoms with van der Waals surface area (Å²) in [5.74, 6) is -0.865. The molecule has 0 spiro atoms. The van der Waals surface area contributed by atoms with Gasteiger partial charge in [-0.25, -0.2) is 15.2 Å². The van der Waals surface area contributed by atoms with Gasteiger partial charge >= 0.3 is 6.03 Å². The van der Waals surface area contributed by atoms with Crippen molar-refractivity contribution in [3.05, 3.63) is 72.5 Å². The number of carbonyl (C=O) groups excluding carboxylic acids is 3. The van der Waals surface area contributed by atoms with Gasteiger partial charge in [-0.15, -0.1) is 0 Å². The first-order valence-corrected chi connectivity index (χ1v) is 11.9. The van der Waals surface area contributed by atoms with E-state index in [1.54, 1.807) is 37.4 Å². The summed E-state index contributed by atoms with van der Waals surface area (Å²) in [5.41, 5.74) is 5.59. The molecular formula is C21H18Br2Cl2N6O3. The van der Waals surface area contributed by atoms with E-state index < -0.39 is 17.8 Å². The van der Waals surface area contributed by atoms with E-state index in [0.717, 1.165) is 0 Å². The zero-order valence-electron chi connectivity index (χ0n) is 18.0. The fourth-order valence-corrected chi connectivity index (χ4v) is 4.27. The highest BCUT2D eigenvalue weighted by Crippen LogP contribution is 2.33. The number of nitrogens with zero attached hydrogens (tertiary/aromatic N) is 3. The molecule has 0 aliphatic heterocycles. The standard InChI is InChI=1S/C21H18Br2Cl2N6O3/c1-10-7-11(24)8-12(19(32)28-29-21(34)30(2)3)16(10)27-20(33)15-9-13(22)17(23)31(15)18-14(25)5-4-6-26-18/h4-9H,1-3H3,(H,27,33)(H,28,32)(H,29,34). The van der Waals surface area contributed by atoms with Gasteiger partial charge in [-0.05, 0) is 74.7 Å². The van der Waals surface area contributed by atoms with Gasteiger partial charge in [0.1, 0.15) is 10.3 Å². The lowest BCUT2D eigenvalue weighted by atomic mass is 10.1. The van der Waals surface area contributed by atoms with E-state index in [4.69, 9.17) is 23.2 Å². The number of pyridine rings is 1. The number of nitrogens with one attached hydrogen (secondary N) is 3. The van der Waals surface area contributed by atoms with Crippen LogP contribution in [0, 0.1) is 6.92 Å². The van der Waals surface area contributed by atoms with E-state index in [1.807, 2.05) is 0 Å². The second-order valence-electron chi connectivity index (χ2n) is 7.19. The van der Waals surface area contributed by atoms with Crippen molar-refractivity contribution in [3.63, 3.8) is 0 Å². The Labute approximate surface area is 222 Å². The van der Waals surface area contributed by atoms with Crippen LogP contribution in [0.1, 0.15) is 26.4 Å². The summed E-state index contributed by atoms with van der Waals surface area (Å²) in [7, 11) is 3.05. The molecule has 9 nitrogen and oxygen atoms in total. The Morgan fingerprint density at radius 2 is 1.76 bits per heavy atom. The third-order valence-electron chi connectivity index (χ3n) is 4.55. The number of urea groups is 1. The Kier molecular flexibility index (Phi) is 8.24. The quantitative estimate of drug-likeness (QED) is 0.345. The maximum atomic E-state index is 13.4. The molecule has 0 saturated heterocycles. The largest absolute Gasteiger partial charge is 0.335 e. The third-order valence-corrected chi connectivity index (χ3v) is 6.99. The summed E-state index contributed by atoms with van der Waals surface area (Å²) < 4.78 is 2.65. The summed E-state index contributed by atoms with van der Waals surface area (Å²) in [5, 5.41) is 3.39. The predicted octanol–water partition coefficient (Wildman–Crippen LogP) is 5.18. The molecule has 13 heteroatoms. The van der Waals surface area contributed by atoms with E-state index in [2.05, 4.69) is 53.0 Å². The van der Waals surface area contributed by atoms with Crippen molar-refractivity contribution in [1.29, 1.82) is 0 Å². The zero-order valence-corrected chi connectivity index (χ0v) is 22.7. The topological polar surface area (TPSA) is 108 Å². The van der Waals surface area contributed by atoms with Crippen molar-refractivity contribution < 1.29 is 14.4 Å². The lowest BCUT2D eigenvalue weighted by Crippen LogP contribution is -2.46. The molecule has 0 bridgehead atoms. The molecule has 0 radical (unpaired) electrons. The monoisotopic (exact) mass is 630 g/mol. The average molecular weight is 633 g/mol. The highest BCUT2D eigenvalue weighted by atomic mass is 79.9. The van der Waals surface area contributed by atoms with Crippen molar-refractivity contribution in [1.82, 2.24) is 25.3 Å². The van der Waals surface area contributed by atoms with Crippen LogP contribution < -0.4 is 16.2 Å². The highest BCUT2D eigenvalue weighted by molar-refractivity contribution is 9.13. The van der Waals surface area contributed by atoms with Gasteiger partial charge in [0.2, 0.25) is 0 Å². The van der Waals surface area contributed by atoms with Crippen LogP contribution >= 0.6 is 55.1 Å². The molecule has 34 heavy (non-hydrogen) atoms. The summed E-state index contributed by atoms with van der Waals surface area (Å²) in [6.07, 6.45) is 1.55. The number of carbonyl (C=O) groups is 3. The lowest BCUT2D eigenvalue weighted by molar-refractivity contribution is 0.0933. The van der Waals surface area contributed by atoms with Gasteiger partial charge in [0, 0.05) is 25.3 Å². The Bertz CT molecular complexity index is 1300. The third kappa shape index (κ3) is 5.54. The minimum Gasteiger partial charge on any atom is -0.330 e. The number of anilines is 1. The molecule has 0 fully saturated rings. The molecule has 1 aromatic carbocycles. The summed E-state index contributed by atoms with van der Waals surface area (Å²) in [4.78, 5) is 43.5. The lowest BCUT2D eigenvalue weighted by Gasteiger charge is -2.17. The zero-order chi connectivity index (χ0) is 25.2. The maximum absolute atomic E-state index is 13.4. The molecule has 3 N–H and O–H groups in total. The first-order valence-electron chi connectivity index (χ1n) is 9.58. The van der Waals surface area contributed by atoms with Gasteiger partial charge in [0.15, 0.2) is 5.82 Å². The van der Waals surface area contributed by atoms with Crippen LogP contribution in [0.3, 0.4) is 0 Å². The number of hydrogen-bond donors (Lipinski definition) is 3. The molecule has 0 unspecified atom stereocenters. The van der Waals surface area contributed by atoms with Gasteiger partial charge in [-0.2, -0.15) is 0 Å². The van der Waals surface area contributed by atoms with Crippen molar-refractivity contribution in [2.45, 2.75) is 6.92 Å². The fourth-order valence-electron chi connectivity index (χ4n) is 2.93. The number of aryl methyl sites for hydroxylation is 1. The number of amides is 4. The molecule has 0 aliphatic carbocycles.